The van der Waals surface area contributed by atoms with E-state index in [1.54, 1.807) is 18.2 Å². The van der Waals surface area contributed by atoms with Gasteiger partial charge in [-0.25, -0.2) is 4.99 Å². The molecule has 5 nitrogen and oxygen atoms in total. The highest BCUT2D eigenvalue weighted by atomic mass is 19.4. The Morgan fingerprint density at radius 1 is 1.26 bits per heavy atom. The van der Waals surface area contributed by atoms with Crippen LogP contribution in [0.2, 0.25) is 0 Å². The van der Waals surface area contributed by atoms with Gasteiger partial charge in [0, 0.05) is 24.7 Å². The average Bonchev–Trinajstić information content (AvgIpc) is 3.10. The normalized spacial score (nSPS) is 18.6. The van der Waals surface area contributed by atoms with Crippen LogP contribution in [0, 0.1) is 0 Å². The number of benzene rings is 1. The van der Waals surface area contributed by atoms with Gasteiger partial charge in [0.2, 0.25) is 0 Å². The van der Waals surface area contributed by atoms with E-state index in [1.165, 1.54) is 12.5 Å². The van der Waals surface area contributed by atoms with Crippen molar-refractivity contribution in [3.05, 3.63) is 29.8 Å². The summed E-state index contributed by atoms with van der Waals surface area (Å²) in [5.74, 6) is 0.869. The number of hydrogen-bond donors (Lipinski definition) is 2. The van der Waals surface area contributed by atoms with E-state index < -0.39 is 12.8 Å². The van der Waals surface area contributed by atoms with Gasteiger partial charge in [0.1, 0.15) is 5.75 Å². The van der Waals surface area contributed by atoms with E-state index in [0.717, 1.165) is 26.1 Å². The van der Waals surface area contributed by atoms with Crippen LogP contribution in [0.1, 0.15) is 32.3 Å². The Hall–Kier alpha value is -1.96. The average molecular weight is 386 g/mol. The van der Waals surface area contributed by atoms with Crippen LogP contribution in [0.25, 0.3) is 0 Å². The zero-order valence-electron chi connectivity index (χ0n) is 16.0. The molecule has 1 fully saturated rings. The smallest absolute Gasteiger partial charge is 0.422 e. The number of aliphatic imine (C=N–C) groups is 1. The summed E-state index contributed by atoms with van der Waals surface area (Å²) in [5.41, 5.74) is 0.620. The fourth-order valence-corrected chi connectivity index (χ4v) is 3.20. The molecule has 1 atom stereocenters. The standard InChI is InChI=1S/C19H29F3N4O/c1-3-23-18(25-13-16-9-7-11-26(16)4-2)24-12-15-8-5-6-10-17(15)27-14-19(20,21)22/h5-6,8,10,16H,3-4,7,9,11-14H2,1-2H3,(H2,23,24,25). The van der Waals surface area contributed by atoms with Crippen LogP contribution in [0.3, 0.4) is 0 Å². The number of likely N-dealkylation sites (tertiary alicyclic amines) is 1. The predicted octanol–water partition coefficient (Wildman–Crippen LogP) is 3.17. The largest absolute Gasteiger partial charge is 0.484 e. The first-order valence-electron chi connectivity index (χ1n) is 9.46. The maximum absolute atomic E-state index is 12.4. The first-order valence-corrected chi connectivity index (χ1v) is 9.46. The van der Waals surface area contributed by atoms with Gasteiger partial charge in [0.25, 0.3) is 0 Å². The minimum absolute atomic E-state index is 0.211. The van der Waals surface area contributed by atoms with Crippen molar-refractivity contribution in [2.75, 3.05) is 32.8 Å². The van der Waals surface area contributed by atoms with Gasteiger partial charge < -0.3 is 15.4 Å². The number of para-hydroxylation sites is 1. The number of rotatable bonds is 8. The van der Waals surface area contributed by atoms with Crippen LogP contribution in [0.5, 0.6) is 5.75 Å². The highest BCUT2D eigenvalue weighted by Crippen LogP contribution is 2.22. The molecular weight excluding hydrogens is 357 g/mol. The van der Waals surface area contributed by atoms with Crippen molar-refractivity contribution >= 4 is 5.96 Å². The number of likely N-dealkylation sites (N-methyl/N-ethyl adjacent to an activating group) is 1. The number of hydrogen-bond acceptors (Lipinski definition) is 3. The van der Waals surface area contributed by atoms with E-state index in [9.17, 15) is 13.2 Å². The number of guanidine groups is 1. The summed E-state index contributed by atoms with van der Waals surface area (Å²) in [7, 11) is 0. The number of alkyl halides is 3. The molecule has 2 rings (SSSR count). The molecule has 0 radical (unpaired) electrons. The Balaban J connectivity index is 1.97. The molecule has 1 saturated heterocycles. The third-order valence-electron chi connectivity index (χ3n) is 4.53. The van der Waals surface area contributed by atoms with Crippen molar-refractivity contribution in [1.82, 2.24) is 15.5 Å². The molecule has 152 valence electrons. The lowest BCUT2D eigenvalue weighted by atomic mass is 10.2. The molecule has 1 heterocycles. The fraction of sp³-hybridized carbons (Fsp3) is 0.632. The zero-order chi connectivity index (χ0) is 19.7. The highest BCUT2D eigenvalue weighted by molar-refractivity contribution is 5.79. The maximum Gasteiger partial charge on any atom is 0.422 e. The van der Waals surface area contributed by atoms with Gasteiger partial charge in [0.05, 0.1) is 6.54 Å². The van der Waals surface area contributed by atoms with Gasteiger partial charge in [0.15, 0.2) is 12.6 Å². The number of nitrogens with zero attached hydrogens (tertiary/aromatic N) is 2. The molecule has 8 heteroatoms. The predicted molar refractivity (Wildman–Crippen MR) is 101 cm³/mol. The number of ether oxygens (including phenoxy) is 1. The van der Waals surface area contributed by atoms with Gasteiger partial charge in [-0.3, -0.25) is 4.90 Å². The molecule has 1 aromatic carbocycles. The molecule has 1 aromatic rings. The van der Waals surface area contributed by atoms with Crippen LogP contribution in [-0.2, 0) is 6.54 Å². The molecule has 27 heavy (non-hydrogen) atoms. The summed E-state index contributed by atoms with van der Waals surface area (Å²) in [6.07, 6.45) is -1.99. The summed E-state index contributed by atoms with van der Waals surface area (Å²) in [6.45, 7) is 6.74. The summed E-state index contributed by atoms with van der Waals surface area (Å²) >= 11 is 0. The Kier molecular flexibility index (Phi) is 8.22. The second-order valence-electron chi connectivity index (χ2n) is 6.51. The monoisotopic (exact) mass is 386 g/mol. The van der Waals surface area contributed by atoms with E-state index in [1.807, 2.05) is 6.92 Å². The number of nitrogens with one attached hydrogen (secondary N) is 2. The van der Waals surface area contributed by atoms with E-state index >= 15 is 0 Å². The lowest BCUT2D eigenvalue weighted by Crippen LogP contribution is -2.44. The third kappa shape index (κ3) is 7.28. The van der Waals surface area contributed by atoms with E-state index in [4.69, 9.17) is 4.74 Å². The summed E-state index contributed by atoms with van der Waals surface area (Å²) in [6, 6.07) is 7.18. The van der Waals surface area contributed by atoms with Crippen LogP contribution in [0.4, 0.5) is 13.2 Å². The first-order chi connectivity index (χ1) is 12.9. The summed E-state index contributed by atoms with van der Waals surface area (Å²) in [4.78, 5) is 6.96. The third-order valence-corrected chi connectivity index (χ3v) is 4.53. The molecule has 1 unspecified atom stereocenters. The van der Waals surface area contributed by atoms with E-state index in [2.05, 4.69) is 27.4 Å². The molecule has 1 aliphatic rings. The Labute approximate surface area is 159 Å². The maximum atomic E-state index is 12.4. The molecule has 0 saturated carbocycles. The molecule has 0 amide bonds. The Bertz CT molecular complexity index is 607. The fourth-order valence-electron chi connectivity index (χ4n) is 3.20. The minimum atomic E-state index is -4.36. The van der Waals surface area contributed by atoms with Crippen molar-refractivity contribution in [2.45, 2.75) is 45.5 Å². The molecular formula is C19H29F3N4O. The lowest BCUT2D eigenvalue weighted by Gasteiger charge is -2.24. The Morgan fingerprint density at radius 2 is 2.04 bits per heavy atom. The van der Waals surface area contributed by atoms with Gasteiger partial charge in [-0.15, -0.1) is 0 Å². The van der Waals surface area contributed by atoms with Crippen molar-refractivity contribution in [2.24, 2.45) is 4.99 Å². The van der Waals surface area contributed by atoms with Crippen LogP contribution < -0.4 is 15.4 Å². The summed E-state index contributed by atoms with van der Waals surface area (Å²) in [5, 5.41) is 6.53. The van der Waals surface area contributed by atoms with E-state index in [0.29, 0.717) is 24.1 Å². The highest BCUT2D eigenvalue weighted by Gasteiger charge is 2.28. The second-order valence-corrected chi connectivity index (χ2v) is 6.51. The van der Waals surface area contributed by atoms with Crippen molar-refractivity contribution in [3.8, 4) is 5.75 Å². The van der Waals surface area contributed by atoms with Gasteiger partial charge in [-0.1, -0.05) is 25.1 Å². The van der Waals surface area contributed by atoms with Crippen molar-refractivity contribution in [3.63, 3.8) is 0 Å². The molecule has 0 aromatic heterocycles. The molecule has 0 bridgehead atoms. The Morgan fingerprint density at radius 3 is 2.74 bits per heavy atom. The molecule has 0 spiro atoms. The summed E-state index contributed by atoms with van der Waals surface area (Å²) < 4.78 is 42.2. The zero-order valence-corrected chi connectivity index (χ0v) is 16.0. The topological polar surface area (TPSA) is 48.9 Å². The van der Waals surface area contributed by atoms with Crippen LogP contribution in [-0.4, -0.2) is 55.9 Å². The molecule has 1 aliphatic heterocycles. The van der Waals surface area contributed by atoms with Gasteiger partial charge >= 0.3 is 6.18 Å². The van der Waals surface area contributed by atoms with E-state index in [-0.39, 0.29) is 12.3 Å². The minimum Gasteiger partial charge on any atom is -0.484 e. The van der Waals surface area contributed by atoms with Gasteiger partial charge in [-0.05, 0) is 38.9 Å². The quantitative estimate of drug-likeness (QED) is 0.532. The van der Waals surface area contributed by atoms with Crippen LogP contribution >= 0.6 is 0 Å². The lowest BCUT2D eigenvalue weighted by molar-refractivity contribution is -0.153. The number of halogens is 3. The van der Waals surface area contributed by atoms with Crippen LogP contribution in [0.15, 0.2) is 29.3 Å². The van der Waals surface area contributed by atoms with Crippen molar-refractivity contribution < 1.29 is 17.9 Å². The SMILES string of the molecule is CCNC(=NCc1ccccc1OCC(F)(F)F)NCC1CCCN1CC. The molecule has 0 aliphatic carbocycles. The second kappa shape index (κ2) is 10.4. The van der Waals surface area contributed by atoms with Crippen molar-refractivity contribution in [1.29, 1.82) is 0 Å². The van der Waals surface area contributed by atoms with Gasteiger partial charge in [-0.2, -0.15) is 13.2 Å². The first kappa shape index (κ1) is 21.3. The molecule has 2 N–H and O–H groups in total.